The molecule has 1 aliphatic heterocycles. The molecule has 2 rings (SSSR count). The average Bonchev–Trinajstić information content (AvgIpc) is 2.42. The van der Waals surface area contributed by atoms with E-state index in [-0.39, 0.29) is 0 Å². The summed E-state index contributed by atoms with van der Waals surface area (Å²) in [7, 11) is 4.28. The van der Waals surface area contributed by atoms with Crippen LogP contribution >= 0.6 is 0 Å². The number of hydrogen-bond donors (Lipinski definition) is 1. The molecule has 1 heterocycles. The van der Waals surface area contributed by atoms with Crippen molar-refractivity contribution in [3.63, 3.8) is 0 Å². The van der Waals surface area contributed by atoms with E-state index in [0.717, 1.165) is 31.1 Å². The van der Waals surface area contributed by atoms with Crippen LogP contribution in [0.15, 0.2) is 18.2 Å². The van der Waals surface area contributed by atoms with Crippen molar-refractivity contribution in [3.8, 4) is 0 Å². The largest absolute Gasteiger partial charge is 0.478 e. The summed E-state index contributed by atoms with van der Waals surface area (Å²) in [4.78, 5) is 15.7. The van der Waals surface area contributed by atoms with Crippen LogP contribution in [-0.4, -0.2) is 54.6 Å². The van der Waals surface area contributed by atoms with Gasteiger partial charge in [-0.3, -0.25) is 4.90 Å². The van der Waals surface area contributed by atoms with Gasteiger partial charge in [0.2, 0.25) is 0 Å². The molecule has 0 aromatic heterocycles. The van der Waals surface area contributed by atoms with E-state index in [1.54, 1.807) is 12.1 Å². The van der Waals surface area contributed by atoms with Crippen molar-refractivity contribution in [1.82, 2.24) is 9.80 Å². The number of aromatic carboxylic acids is 1. The Bertz CT molecular complexity index is 492. The zero-order valence-corrected chi connectivity index (χ0v) is 13.3. The van der Waals surface area contributed by atoms with Crippen LogP contribution in [0.1, 0.15) is 34.3 Å². The van der Waals surface area contributed by atoms with Gasteiger partial charge in [0, 0.05) is 13.1 Å². The van der Waals surface area contributed by atoms with Gasteiger partial charge in [-0.2, -0.15) is 0 Å². The highest BCUT2D eigenvalue weighted by Gasteiger charge is 2.20. The van der Waals surface area contributed by atoms with E-state index < -0.39 is 5.97 Å². The topological polar surface area (TPSA) is 43.8 Å². The van der Waals surface area contributed by atoms with Crippen molar-refractivity contribution in [1.29, 1.82) is 0 Å². The van der Waals surface area contributed by atoms with Gasteiger partial charge in [-0.15, -0.1) is 0 Å². The summed E-state index contributed by atoms with van der Waals surface area (Å²) in [6.45, 7) is 6.39. The molecule has 0 spiro atoms. The van der Waals surface area contributed by atoms with Crippen LogP contribution in [0.5, 0.6) is 0 Å². The van der Waals surface area contributed by atoms with E-state index in [2.05, 4.69) is 23.9 Å². The number of piperidine rings is 1. The third kappa shape index (κ3) is 4.55. The number of nitrogens with zero attached hydrogens (tertiary/aromatic N) is 2. The fraction of sp³-hybridized carbons (Fsp3) is 0.588. The van der Waals surface area contributed by atoms with Gasteiger partial charge in [-0.25, -0.2) is 4.79 Å². The van der Waals surface area contributed by atoms with Gasteiger partial charge in [0.1, 0.15) is 0 Å². The zero-order valence-electron chi connectivity index (χ0n) is 13.3. The molecule has 0 amide bonds. The second kappa shape index (κ2) is 7.05. The van der Waals surface area contributed by atoms with Crippen LogP contribution in [0, 0.1) is 12.8 Å². The minimum atomic E-state index is -0.853. The van der Waals surface area contributed by atoms with Crippen molar-refractivity contribution in [3.05, 3.63) is 34.9 Å². The summed E-state index contributed by atoms with van der Waals surface area (Å²) in [5, 5.41) is 9.01. The van der Waals surface area contributed by atoms with Crippen LogP contribution in [0.25, 0.3) is 0 Å². The summed E-state index contributed by atoms with van der Waals surface area (Å²) >= 11 is 0. The van der Waals surface area contributed by atoms with E-state index >= 15 is 0 Å². The first-order valence-corrected chi connectivity index (χ1v) is 7.65. The second-order valence-electron chi connectivity index (χ2n) is 6.43. The maximum atomic E-state index is 11.0. The van der Waals surface area contributed by atoms with Gasteiger partial charge in [-0.1, -0.05) is 6.07 Å². The normalized spacial score (nSPS) is 17.3. The molecule has 0 saturated carbocycles. The predicted molar refractivity (Wildman–Crippen MR) is 84.7 cm³/mol. The molecule has 1 N–H and O–H groups in total. The Morgan fingerprint density at radius 1 is 1.33 bits per heavy atom. The standard InChI is InChI=1S/C17H26N2O2/c1-13-10-15(17(20)21)4-5-16(13)12-19-8-6-14(7-9-19)11-18(2)3/h4-5,10,14H,6-9,11-12H2,1-3H3,(H,20,21). The third-order valence-electron chi connectivity index (χ3n) is 4.31. The molecule has 1 aromatic carbocycles. The molecule has 0 radical (unpaired) electrons. The lowest BCUT2D eigenvalue weighted by Gasteiger charge is -2.33. The van der Waals surface area contributed by atoms with Crippen LogP contribution in [0.4, 0.5) is 0 Å². The van der Waals surface area contributed by atoms with E-state index in [1.165, 1.54) is 24.9 Å². The molecule has 116 valence electrons. The van der Waals surface area contributed by atoms with Crippen LogP contribution in [-0.2, 0) is 6.54 Å². The molecular formula is C17H26N2O2. The number of carboxylic acid groups (broad SMARTS) is 1. The Morgan fingerprint density at radius 3 is 2.52 bits per heavy atom. The Morgan fingerprint density at radius 2 is 2.00 bits per heavy atom. The van der Waals surface area contributed by atoms with E-state index in [0.29, 0.717) is 5.56 Å². The Labute approximate surface area is 127 Å². The highest BCUT2D eigenvalue weighted by atomic mass is 16.4. The molecule has 1 aromatic rings. The number of aryl methyl sites for hydroxylation is 1. The van der Waals surface area contributed by atoms with Gasteiger partial charge in [0.15, 0.2) is 0 Å². The number of hydrogen-bond acceptors (Lipinski definition) is 3. The summed E-state index contributed by atoms with van der Waals surface area (Å²) < 4.78 is 0. The number of benzene rings is 1. The fourth-order valence-corrected chi connectivity index (χ4v) is 3.09. The predicted octanol–water partition coefficient (Wildman–Crippen LogP) is 2.47. The highest BCUT2D eigenvalue weighted by Crippen LogP contribution is 2.21. The van der Waals surface area contributed by atoms with E-state index in [4.69, 9.17) is 5.11 Å². The quantitative estimate of drug-likeness (QED) is 0.905. The average molecular weight is 290 g/mol. The monoisotopic (exact) mass is 290 g/mol. The van der Waals surface area contributed by atoms with E-state index in [1.807, 2.05) is 13.0 Å². The Hall–Kier alpha value is -1.39. The number of carboxylic acids is 1. The molecule has 1 aliphatic rings. The van der Waals surface area contributed by atoms with Crippen LogP contribution < -0.4 is 0 Å². The molecule has 4 nitrogen and oxygen atoms in total. The molecule has 0 aliphatic carbocycles. The lowest BCUT2D eigenvalue weighted by atomic mass is 9.95. The molecule has 1 saturated heterocycles. The third-order valence-corrected chi connectivity index (χ3v) is 4.31. The molecule has 0 bridgehead atoms. The molecule has 4 heteroatoms. The first-order chi connectivity index (χ1) is 9.95. The number of likely N-dealkylation sites (tertiary alicyclic amines) is 1. The van der Waals surface area contributed by atoms with Crippen molar-refractivity contribution < 1.29 is 9.90 Å². The molecule has 21 heavy (non-hydrogen) atoms. The first kappa shape index (κ1) is 16.0. The van der Waals surface area contributed by atoms with E-state index in [9.17, 15) is 4.79 Å². The lowest BCUT2D eigenvalue weighted by molar-refractivity contribution is 0.0696. The molecular weight excluding hydrogens is 264 g/mol. The van der Waals surface area contributed by atoms with Crippen molar-refractivity contribution in [2.24, 2.45) is 5.92 Å². The first-order valence-electron chi connectivity index (χ1n) is 7.65. The summed E-state index contributed by atoms with van der Waals surface area (Å²) in [6, 6.07) is 5.45. The Kier molecular flexibility index (Phi) is 5.37. The maximum Gasteiger partial charge on any atom is 0.335 e. The van der Waals surface area contributed by atoms with Crippen molar-refractivity contribution in [2.45, 2.75) is 26.3 Å². The van der Waals surface area contributed by atoms with Crippen LogP contribution in [0.2, 0.25) is 0 Å². The van der Waals surface area contributed by atoms with Gasteiger partial charge in [0.05, 0.1) is 5.56 Å². The fourth-order valence-electron chi connectivity index (χ4n) is 3.09. The number of rotatable bonds is 5. The summed E-state index contributed by atoms with van der Waals surface area (Å²) in [5.74, 6) is -0.0408. The van der Waals surface area contributed by atoms with Crippen molar-refractivity contribution in [2.75, 3.05) is 33.7 Å². The molecule has 1 fully saturated rings. The molecule has 0 atom stereocenters. The summed E-state index contributed by atoms with van der Waals surface area (Å²) in [6.07, 6.45) is 2.51. The second-order valence-corrected chi connectivity index (χ2v) is 6.43. The SMILES string of the molecule is Cc1cc(C(=O)O)ccc1CN1CCC(CN(C)C)CC1. The Balaban J connectivity index is 1.90. The lowest BCUT2D eigenvalue weighted by Crippen LogP contribution is -2.36. The smallest absolute Gasteiger partial charge is 0.335 e. The zero-order chi connectivity index (χ0) is 15.4. The van der Waals surface area contributed by atoms with Gasteiger partial charge in [0.25, 0.3) is 0 Å². The minimum absolute atomic E-state index is 0.376. The van der Waals surface area contributed by atoms with Gasteiger partial charge >= 0.3 is 5.97 Å². The molecule has 0 unspecified atom stereocenters. The van der Waals surface area contributed by atoms with Crippen LogP contribution in [0.3, 0.4) is 0 Å². The van der Waals surface area contributed by atoms with Crippen molar-refractivity contribution >= 4 is 5.97 Å². The maximum absolute atomic E-state index is 11.0. The van der Waals surface area contributed by atoms with Gasteiger partial charge in [-0.05, 0) is 76.1 Å². The minimum Gasteiger partial charge on any atom is -0.478 e. The summed E-state index contributed by atoms with van der Waals surface area (Å²) in [5.41, 5.74) is 2.69. The highest BCUT2D eigenvalue weighted by molar-refractivity contribution is 5.87. The van der Waals surface area contributed by atoms with Gasteiger partial charge < -0.3 is 10.0 Å². The number of carbonyl (C=O) groups is 1.